The Bertz CT molecular complexity index is 1030. The Morgan fingerprint density at radius 2 is 1.81 bits per heavy atom. The van der Waals surface area contributed by atoms with E-state index in [0.29, 0.717) is 55.6 Å². The van der Waals surface area contributed by atoms with Crippen molar-refractivity contribution in [3.63, 3.8) is 0 Å². The zero-order valence-corrected chi connectivity index (χ0v) is 18.4. The average Bonchev–Trinajstić information content (AvgIpc) is 3.33. The van der Waals surface area contributed by atoms with E-state index in [1.54, 1.807) is 25.6 Å². The Balaban J connectivity index is 1.53. The van der Waals surface area contributed by atoms with E-state index in [2.05, 4.69) is 0 Å². The van der Waals surface area contributed by atoms with Gasteiger partial charge < -0.3 is 23.8 Å². The maximum absolute atomic E-state index is 13.3. The largest absolute Gasteiger partial charge is 0.493 e. The Hall–Kier alpha value is -3.19. The maximum atomic E-state index is 13.3. The highest BCUT2D eigenvalue weighted by atomic mass is 32.1. The van der Waals surface area contributed by atoms with Crippen LogP contribution in [-0.4, -0.2) is 33.3 Å². The number of fused-ring (bicyclic) bond motifs is 1. The predicted octanol–water partition coefficient (Wildman–Crippen LogP) is 4.70. The summed E-state index contributed by atoms with van der Waals surface area (Å²) in [6.45, 7) is 1.56. The lowest BCUT2D eigenvalue weighted by molar-refractivity contribution is -0.118. The minimum atomic E-state index is 0.0415. The number of hydrogen-bond acceptors (Lipinski definition) is 6. The summed E-state index contributed by atoms with van der Waals surface area (Å²) in [5, 5.41) is 2.02. The summed E-state index contributed by atoms with van der Waals surface area (Å²) < 4.78 is 22.0. The normalized spacial score (nSPS) is 12.3. The highest BCUT2D eigenvalue weighted by Crippen LogP contribution is 2.35. The fourth-order valence-electron chi connectivity index (χ4n) is 3.50. The van der Waals surface area contributed by atoms with E-state index in [1.165, 1.54) is 0 Å². The molecule has 0 radical (unpaired) electrons. The van der Waals surface area contributed by atoms with Gasteiger partial charge in [0.15, 0.2) is 23.0 Å². The van der Waals surface area contributed by atoms with Crippen LogP contribution in [0.4, 0.5) is 5.69 Å². The third kappa shape index (κ3) is 4.94. The Kier molecular flexibility index (Phi) is 6.62. The minimum Gasteiger partial charge on any atom is -0.493 e. The van der Waals surface area contributed by atoms with Crippen molar-refractivity contribution in [1.82, 2.24) is 0 Å². The zero-order valence-electron chi connectivity index (χ0n) is 17.6. The Labute approximate surface area is 185 Å². The van der Waals surface area contributed by atoms with Crippen molar-refractivity contribution >= 4 is 22.9 Å². The van der Waals surface area contributed by atoms with E-state index in [4.69, 9.17) is 18.9 Å². The fraction of sp³-hybridized carbons (Fsp3) is 0.292. The number of carbonyl (C=O) groups is 1. The molecule has 2 aromatic carbocycles. The highest BCUT2D eigenvalue weighted by molar-refractivity contribution is 7.09. The van der Waals surface area contributed by atoms with Crippen molar-refractivity contribution < 1.29 is 23.7 Å². The van der Waals surface area contributed by atoms with Crippen molar-refractivity contribution in [3.05, 3.63) is 64.4 Å². The second-order valence-electron chi connectivity index (χ2n) is 7.08. The monoisotopic (exact) mass is 439 g/mol. The van der Waals surface area contributed by atoms with Gasteiger partial charge in [0.05, 0.1) is 20.8 Å². The molecule has 2 heterocycles. The van der Waals surface area contributed by atoms with Gasteiger partial charge in [-0.15, -0.1) is 11.3 Å². The van der Waals surface area contributed by atoms with Gasteiger partial charge in [0, 0.05) is 23.1 Å². The lowest BCUT2D eigenvalue weighted by Gasteiger charge is -2.25. The molecule has 1 aliphatic rings. The quantitative estimate of drug-likeness (QED) is 0.509. The molecular formula is C24H25NO5S. The van der Waals surface area contributed by atoms with Crippen LogP contribution in [0.15, 0.2) is 53.9 Å². The van der Waals surface area contributed by atoms with Gasteiger partial charge in [-0.1, -0.05) is 12.1 Å². The van der Waals surface area contributed by atoms with Gasteiger partial charge in [0.2, 0.25) is 5.91 Å². The Morgan fingerprint density at radius 1 is 1.00 bits per heavy atom. The Morgan fingerprint density at radius 3 is 2.55 bits per heavy atom. The van der Waals surface area contributed by atoms with Crippen molar-refractivity contribution in [2.45, 2.75) is 19.4 Å². The summed E-state index contributed by atoms with van der Waals surface area (Å²) in [6, 6.07) is 15.4. The van der Waals surface area contributed by atoms with E-state index in [9.17, 15) is 4.79 Å². The molecule has 6 nitrogen and oxygen atoms in total. The molecule has 1 aromatic heterocycles. The molecule has 1 aliphatic heterocycles. The van der Waals surface area contributed by atoms with Crippen LogP contribution >= 0.6 is 11.3 Å². The first-order chi connectivity index (χ1) is 15.2. The number of ether oxygens (including phenoxy) is 4. The molecule has 0 saturated carbocycles. The third-order valence-corrected chi connectivity index (χ3v) is 5.97. The van der Waals surface area contributed by atoms with Gasteiger partial charge in [0.25, 0.3) is 0 Å². The molecule has 31 heavy (non-hydrogen) atoms. The van der Waals surface area contributed by atoms with Crippen molar-refractivity contribution in [2.24, 2.45) is 0 Å². The van der Waals surface area contributed by atoms with E-state index in [0.717, 1.165) is 16.1 Å². The molecule has 0 fully saturated rings. The molecule has 162 valence electrons. The predicted molar refractivity (Wildman–Crippen MR) is 121 cm³/mol. The molecule has 0 unspecified atom stereocenters. The van der Waals surface area contributed by atoms with Crippen LogP contribution in [0.5, 0.6) is 23.0 Å². The zero-order chi connectivity index (χ0) is 21.6. The summed E-state index contributed by atoms with van der Waals surface area (Å²) in [5.41, 5.74) is 1.82. The number of aryl methyl sites for hydroxylation is 1. The van der Waals surface area contributed by atoms with Crippen molar-refractivity contribution in [1.29, 1.82) is 0 Å². The number of anilines is 1. The van der Waals surface area contributed by atoms with Crippen LogP contribution < -0.4 is 23.8 Å². The molecule has 3 aromatic rings. The van der Waals surface area contributed by atoms with Gasteiger partial charge in [-0.25, -0.2) is 0 Å². The second-order valence-corrected chi connectivity index (χ2v) is 8.11. The minimum absolute atomic E-state index is 0.0415. The molecule has 4 rings (SSSR count). The molecule has 0 aliphatic carbocycles. The average molecular weight is 440 g/mol. The third-order valence-electron chi connectivity index (χ3n) is 5.11. The smallest absolute Gasteiger partial charge is 0.227 e. The fourth-order valence-corrected chi connectivity index (χ4v) is 4.20. The number of nitrogens with zero attached hydrogens (tertiary/aromatic N) is 1. The number of benzene rings is 2. The summed E-state index contributed by atoms with van der Waals surface area (Å²) in [6.07, 6.45) is 0.972. The number of carbonyl (C=O) groups excluding carboxylic acids is 1. The molecular weight excluding hydrogens is 414 g/mol. The van der Waals surface area contributed by atoms with Crippen molar-refractivity contribution in [3.8, 4) is 23.0 Å². The molecule has 0 saturated heterocycles. The summed E-state index contributed by atoms with van der Waals surface area (Å²) in [5.74, 6) is 2.76. The van der Waals surface area contributed by atoms with Crippen LogP contribution in [0.2, 0.25) is 0 Å². The van der Waals surface area contributed by atoms with Gasteiger partial charge in [-0.3, -0.25) is 4.79 Å². The standard InChI is InChI=1S/C24H25NO5S/c1-27-20-8-5-17(14-22(20)28-2)6-10-24(26)25(16-19-4-3-13-31-19)18-7-9-21-23(15-18)30-12-11-29-21/h3-5,7-9,13-15H,6,10-12,16H2,1-2H3. The molecule has 0 N–H and O–H groups in total. The molecule has 1 amide bonds. The van der Waals surface area contributed by atoms with Gasteiger partial charge >= 0.3 is 0 Å². The number of methoxy groups -OCH3 is 2. The van der Waals surface area contributed by atoms with Crippen LogP contribution in [0, 0.1) is 0 Å². The summed E-state index contributed by atoms with van der Waals surface area (Å²) in [4.78, 5) is 16.2. The number of thiophene rings is 1. The van der Waals surface area contributed by atoms with E-state index < -0.39 is 0 Å². The summed E-state index contributed by atoms with van der Waals surface area (Å²) in [7, 11) is 3.22. The van der Waals surface area contributed by atoms with E-state index >= 15 is 0 Å². The van der Waals surface area contributed by atoms with E-state index in [1.807, 2.05) is 58.8 Å². The van der Waals surface area contributed by atoms with Crippen LogP contribution in [0.1, 0.15) is 16.9 Å². The first-order valence-corrected chi connectivity index (χ1v) is 11.0. The van der Waals surface area contributed by atoms with Crippen molar-refractivity contribution in [2.75, 3.05) is 32.3 Å². The second kappa shape index (κ2) is 9.75. The first kappa shape index (κ1) is 21.1. The number of rotatable bonds is 8. The molecule has 0 atom stereocenters. The lowest BCUT2D eigenvalue weighted by atomic mass is 10.1. The molecule has 0 spiro atoms. The molecule has 0 bridgehead atoms. The maximum Gasteiger partial charge on any atom is 0.227 e. The summed E-state index contributed by atoms with van der Waals surface area (Å²) >= 11 is 1.64. The first-order valence-electron chi connectivity index (χ1n) is 10.1. The van der Waals surface area contributed by atoms with Crippen LogP contribution in [0.25, 0.3) is 0 Å². The highest BCUT2D eigenvalue weighted by Gasteiger charge is 2.20. The molecule has 7 heteroatoms. The number of amides is 1. The topological polar surface area (TPSA) is 57.2 Å². The van der Waals surface area contributed by atoms with Crippen LogP contribution in [0.3, 0.4) is 0 Å². The van der Waals surface area contributed by atoms with Gasteiger partial charge in [0.1, 0.15) is 13.2 Å². The SMILES string of the molecule is COc1ccc(CCC(=O)N(Cc2cccs2)c2ccc3c(c2)OCCO3)cc1OC. The van der Waals surface area contributed by atoms with Crippen LogP contribution in [-0.2, 0) is 17.8 Å². The van der Waals surface area contributed by atoms with Gasteiger partial charge in [-0.2, -0.15) is 0 Å². The number of hydrogen-bond donors (Lipinski definition) is 0. The van der Waals surface area contributed by atoms with Gasteiger partial charge in [-0.05, 0) is 47.7 Å². The van der Waals surface area contributed by atoms with E-state index in [-0.39, 0.29) is 5.91 Å². The lowest BCUT2D eigenvalue weighted by Crippen LogP contribution is -2.30.